The van der Waals surface area contributed by atoms with Gasteiger partial charge < -0.3 is 10.3 Å². The Morgan fingerprint density at radius 1 is 1.42 bits per heavy atom. The highest BCUT2D eigenvalue weighted by molar-refractivity contribution is 5.84. The third-order valence-corrected chi connectivity index (χ3v) is 2.92. The van der Waals surface area contributed by atoms with E-state index in [2.05, 4.69) is 21.1 Å². The minimum atomic E-state index is 0.402. The summed E-state index contributed by atoms with van der Waals surface area (Å²) in [6.07, 6.45) is 3.45. The quantitative estimate of drug-likeness (QED) is 0.723. The lowest BCUT2D eigenvalue weighted by Gasteiger charge is -2.05. The van der Waals surface area contributed by atoms with Crippen molar-refractivity contribution in [3.8, 4) is 6.07 Å². The van der Waals surface area contributed by atoms with Crippen molar-refractivity contribution in [1.82, 2.24) is 24.3 Å². The Hall–Kier alpha value is -2.88. The number of hydrogen-bond donors (Lipinski definition) is 1. The van der Waals surface area contributed by atoms with E-state index in [1.807, 2.05) is 12.3 Å². The molecule has 2 N–H and O–H groups in total. The molecule has 0 aliphatic heterocycles. The predicted molar refractivity (Wildman–Crippen MR) is 69.0 cm³/mol. The Kier molecular flexibility index (Phi) is 2.42. The lowest BCUT2D eigenvalue weighted by Crippen LogP contribution is -2.08. The molecule has 3 aromatic rings. The number of nitrogens with zero attached hydrogens (tertiary/aromatic N) is 6. The molecule has 7 heteroatoms. The van der Waals surface area contributed by atoms with Crippen molar-refractivity contribution < 1.29 is 0 Å². The van der Waals surface area contributed by atoms with Crippen LogP contribution < -0.4 is 5.73 Å². The predicted octanol–water partition coefficient (Wildman–Crippen LogP) is 0.667. The van der Waals surface area contributed by atoms with Crippen LogP contribution in [-0.2, 0) is 13.6 Å². The molecule has 19 heavy (non-hydrogen) atoms. The molecule has 0 spiro atoms. The normalized spacial score (nSPS) is 10.7. The Labute approximate surface area is 108 Å². The van der Waals surface area contributed by atoms with Gasteiger partial charge in [0.25, 0.3) is 0 Å². The zero-order valence-corrected chi connectivity index (χ0v) is 10.3. The van der Waals surface area contributed by atoms with Gasteiger partial charge in [-0.3, -0.25) is 4.68 Å². The first-order valence-electron chi connectivity index (χ1n) is 5.68. The van der Waals surface area contributed by atoms with E-state index >= 15 is 0 Å². The maximum Gasteiger partial charge on any atom is 0.163 e. The number of nitrogens with two attached hydrogens (primary N) is 1. The van der Waals surface area contributed by atoms with Gasteiger partial charge in [0.2, 0.25) is 0 Å². The number of nitriles is 1. The Morgan fingerprint density at radius 2 is 2.26 bits per heavy atom. The van der Waals surface area contributed by atoms with Gasteiger partial charge in [0, 0.05) is 13.2 Å². The third-order valence-electron chi connectivity index (χ3n) is 2.92. The second-order valence-electron chi connectivity index (χ2n) is 4.16. The molecule has 0 amide bonds. The SMILES string of the molecule is Cn1ncc2c(N)nc(Cn3cccc3C#N)nc21. The summed E-state index contributed by atoms with van der Waals surface area (Å²) >= 11 is 0. The fourth-order valence-corrected chi connectivity index (χ4v) is 1.97. The number of nitrogen functional groups attached to an aromatic ring is 1. The van der Waals surface area contributed by atoms with Gasteiger partial charge in [-0.15, -0.1) is 0 Å². The van der Waals surface area contributed by atoms with E-state index < -0.39 is 0 Å². The highest BCUT2D eigenvalue weighted by Crippen LogP contribution is 2.17. The molecule has 0 bridgehead atoms. The molecule has 0 unspecified atom stereocenters. The van der Waals surface area contributed by atoms with Crippen molar-refractivity contribution in [2.75, 3.05) is 5.73 Å². The van der Waals surface area contributed by atoms with Gasteiger partial charge in [0.1, 0.15) is 17.6 Å². The summed E-state index contributed by atoms with van der Waals surface area (Å²) in [6.45, 7) is 0.404. The van der Waals surface area contributed by atoms with Gasteiger partial charge in [-0.05, 0) is 12.1 Å². The highest BCUT2D eigenvalue weighted by atomic mass is 15.3. The lowest BCUT2D eigenvalue weighted by molar-refractivity contribution is 0.733. The van der Waals surface area contributed by atoms with Gasteiger partial charge >= 0.3 is 0 Å². The van der Waals surface area contributed by atoms with E-state index in [1.165, 1.54) is 0 Å². The van der Waals surface area contributed by atoms with E-state index in [4.69, 9.17) is 11.0 Å². The molecule has 3 rings (SSSR count). The summed E-state index contributed by atoms with van der Waals surface area (Å²) in [5.74, 6) is 0.958. The molecule has 0 atom stereocenters. The van der Waals surface area contributed by atoms with Gasteiger partial charge in [-0.2, -0.15) is 10.4 Å². The minimum Gasteiger partial charge on any atom is -0.383 e. The molecule has 0 aliphatic rings. The number of rotatable bonds is 2. The number of fused-ring (bicyclic) bond motifs is 1. The van der Waals surface area contributed by atoms with Crippen LogP contribution in [0.4, 0.5) is 5.82 Å². The highest BCUT2D eigenvalue weighted by Gasteiger charge is 2.10. The topological polar surface area (TPSA) is 98.3 Å². The maximum atomic E-state index is 8.97. The van der Waals surface area contributed by atoms with Gasteiger partial charge in [-0.1, -0.05) is 0 Å². The largest absolute Gasteiger partial charge is 0.383 e. The van der Waals surface area contributed by atoms with Gasteiger partial charge in [0.05, 0.1) is 18.1 Å². The fourth-order valence-electron chi connectivity index (χ4n) is 1.97. The zero-order valence-electron chi connectivity index (χ0n) is 10.3. The molecule has 0 aliphatic carbocycles. The van der Waals surface area contributed by atoms with Crippen molar-refractivity contribution in [2.24, 2.45) is 7.05 Å². The van der Waals surface area contributed by atoms with Crippen molar-refractivity contribution in [1.29, 1.82) is 5.26 Å². The van der Waals surface area contributed by atoms with Crippen LogP contribution in [0.2, 0.25) is 0 Å². The summed E-state index contributed by atoms with van der Waals surface area (Å²) < 4.78 is 3.43. The summed E-state index contributed by atoms with van der Waals surface area (Å²) in [5, 5.41) is 13.8. The van der Waals surface area contributed by atoms with Crippen LogP contribution in [-0.4, -0.2) is 24.3 Å². The average molecular weight is 253 g/mol. The first-order valence-corrected chi connectivity index (χ1v) is 5.68. The van der Waals surface area contributed by atoms with Crippen LogP contribution >= 0.6 is 0 Å². The summed E-state index contributed by atoms with van der Waals surface area (Å²) in [5.41, 5.74) is 7.14. The van der Waals surface area contributed by atoms with Crippen LogP contribution in [0.15, 0.2) is 24.5 Å². The van der Waals surface area contributed by atoms with Gasteiger partial charge in [-0.25, -0.2) is 9.97 Å². The number of aromatic nitrogens is 5. The standard InChI is InChI=1S/C12H11N7/c1-18-12-9(6-15-18)11(14)16-10(17-12)7-19-4-2-3-8(19)5-13/h2-4,6H,7H2,1H3,(H2,14,16,17). The molecule has 3 heterocycles. The molecule has 0 radical (unpaired) electrons. The molecule has 7 nitrogen and oxygen atoms in total. The second-order valence-corrected chi connectivity index (χ2v) is 4.16. The summed E-state index contributed by atoms with van der Waals surface area (Å²) in [6, 6.07) is 5.66. The van der Waals surface area contributed by atoms with E-state index in [1.54, 1.807) is 28.6 Å². The van der Waals surface area contributed by atoms with Crippen LogP contribution in [0.1, 0.15) is 11.5 Å². The monoisotopic (exact) mass is 253 g/mol. The Bertz CT molecular complexity index is 790. The van der Waals surface area contributed by atoms with E-state index in [-0.39, 0.29) is 0 Å². The second kappa shape index (κ2) is 4.10. The van der Waals surface area contributed by atoms with Crippen LogP contribution in [0.3, 0.4) is 0 Å². The van der Waals surface area contributed by atoms with Crippen molar-refractivity contribution in [2.45, 2.75) is 6.54 Å². The smallest absolute Gasteiger partial charge is 0.163 e. The van der Waals surface area contributed by atoms with Gasteiger partial charge in [0.15, 0.2) is 11.5 Å². The number of hydrogen-bond acceptors (Lipinski definition) is 5. The molecule has 94 valence electrons. The van der Waals surface area contributed by atoms with E-state index in [0.29, 0.717) is 29.5 Å². The lowest BCUT2D eigenvalue weighted by atomic mass is 10.4. The van der Waals surface area contributed by atoms with E-state index in [9.17, 15) is 0 Å². The van der Waals surface area contributed by atoms with Crippen LogP contribution in [0, 0.1) is 11.3 Å². The van der Waals surface area contributed by atoms with Crippen LogP contribution in [0.5, 0.6) is 0 Å². The molecule has 3 aromatic heterocycles. The van der Waals surface area contributed by atoms with Crippen molar-refractivity contribution >= 4 is 16.9 Å². The number of aryl methyl sites for hydroxylation is 1. The summed E-state index contributed by atoms with van der Waals surface area (Å²) in [4.78, 5) is 8.67. The molecule has 0 aromatic carbocycles. The molecular formula is C12H11N7. The molecule has 0 saturated carbocycles. The first kappa shape index (κ1) is 11.2. The number of anilines is 1. The molecular weight excluding hydrogens is 242 g/mol. The Morgan fingerprint density at radius 3 is 3.05 bits per heavy atom. The Balaban J connectivity index is 2.06. The third kappa shape index (κ3) is 1.79. The molecule has 0 fully saturated rings. The average Bonchev–Trinajstić information content (AvgIpc) is 2.97. The first-order chi connectivity index (χ1) is 9.19. The van der Waals surface area contributed by atoms with Crippen LogP contribution in [0.25, 0.3) is 11.0 Å². The minimum absolute atomic E-state index is 0.402. The van der Waals surface area contributed by atoms with Crippen molar-refractivity contribution in [3.05, 3.63) is 36.0 Å². The van der Waals surface area contributed by atoms with Crippen molar-refractivity contribution in [3.63, 3.8) is 0 Å². The zero-order chi connectivity index (χ0) is 13.4. The maximum absolute atomic E-state index is 8.97. The molecule has 0 saturated heterocycles. The fraction of sp³-hybridized carbons (Fsp3) is 0.167. The van der Waals surface area contributed by atoms with E-state index in [0.717, 1.165) is 5.39 Å². The summed E-state index contributed by atoms with van der Waals surface area (Å²) in [7, 11) is 1.80.